The van der Waals surface area contributed by atoms with Gasteiger partial charge in [0.15, 0.2) is 5.78 Å². The molecule has 2 fully saturated rings. The van der Waals surface area contributed by atoms with Crippen LogP contribution in [0.3, 0.4) is 0 Å². The van der Waals surface area contributed by atoms with Crippen LogP contribution in [0.4, 0.5) is 5.69 Å². The van der Waals surface area contributed by atoms with E-state index in [1.54, 1.807) is 31.4 Å². The average molecular weight is 616 g/mol. The van der Waals surface area contributed by atoms with E-state index in [-0.39, 0.29) is 17.6 Å². The SMILES string of the molecule is COc1ccc(N2C(=O)[C@@H]3[C@H](C2=O)[C@@]2(c4ccccc4)C(=O)[C@@]3(c3ccccc3)C(c3ccc(C)cc3)=C2c2ccc(C)cc2)cc1. The van der Waals surface area contributed by atoms with E-state index in [1.165, 1.54) is 4.90 Å². The van der Waals surface area contributed by atoms with Gasteiger partial charge in [0.25, 0.3) is 0 Å². The number of Topliss-reactive ketones (excluding diaryl/α,β-unsaturated/α-hetero) is 1. The summed E-state index contributed by atoms with van der Waals surface area (Å²) in [5.74, 6) is -2.16. The molecule has 2 aliphatic carbocycles. The maximum atomic E-state index is 16.0. The van der Waals surface area contributed by atoms with Crippen molar-refractivity contribution in [1.29, 1.82) is 0 Å². The van der Waals surface area contributed by atoms with Crippen molar-refractivity contribution in [2.75, 3.05) is 12.0 Å². The number of imide groups is 1. The molecular formula is C42H33NO4. The van der Waals surface area contributed by atoms with Crippen molar-refractivity contribution >= 4 is 34.4 Å². The van der Waals surface area contributed by atoms with E-state index in [0.29, 0.717) is 22.6 Å². The molecule has 230 valence electrons. The van der Waals surface area contributed by atoms with Gasteiger partial charge in [-0.15, -0.1) is 0 Å². The molecule has 5 nitrogen and oxygen atoms in total. The smallest absolute Gasteiger partial charge is 0.239 e. The van der Waals surface area contributed by atoms with Crippen LogP contribution in [0.15, 0.2) is 133 Å². The first-order chi connectivity index (χ1) is 22.8. The van der Waals surface area contributed by atoms with Crippen molar-refractivity contribution in [2.45, 2.75) is 24.7 Å². The minimum Gasteiger partial charge on any atom is -0.497 e. The molecule has 2 bridgehead atoms. The highest BCUT2D eigenvalue weighted by Crippen LogP contribution is 2.74. The molecule has 3 aliphatic rings. The molecule has 1 heterocycles. The summed E-state index contributed by atoms with van der Waals surface area (Å²) in [6.45, 7) is 4.07. The standard InChI is InChI=1S/C42H33NO4/c1-26-14-18-28(19-15-26)34-35(29-20-16-27(2)17-21-29)42(31-12-8-5-9-13-31)37-36(41(34,40(42)46)30-10-6-4-7-11-30)38(44)43(39(37)45)32-22-24-33(47-3)25-23-32/h4-25,36-37H,1-3H3/t36-,37+,41-,42-/m0/s1. The zero-order valence-electron chi connectivity index (χ0n) is 26.4. The Morgan fingerprint density at radius 2 is 0.936 bits per heavy atom. The average Bonchev–Trinajstić information content (AvgIpc) is 3.62. The third-order valence-electron chi connectivity index (χ3n) is 10.5. The summed E-state index contributed by atoms with van der Waals surface area (Å²) in [6.07, 6.45) is 0. The molecule has 1 saturated carbocycles. The Labute approximate surface area is 274 Å². The van der Waals surface area contributed by atoms with Gasteiger partial charge in [-0.1, -0.05) is 120 Å². The van der Waals surface area contributed by atoms with E-state index in [1.807, 2.05) is 123 Å². The molecular weight excluding hydrogens is 582 g/mol. The normalized spacial score (nSPS) is 24.7. The Morgan fingerprint density at radius 3 is 1.32 bits per heavy atom. The largest absolute Gasteiger partial charge is 0.497 e. The van der Waals surface area contributed by atoms with Crippen LogP contribution in [0.5, 0.6) is 5.75 Å². The van der Waals surface area contributed by atoms with Crippen LogP contribution in [0.25, 0.3) is 11.1 Å². The van der Waals surface area contributed by atoms with E-state index in [4.69, 9.17) is 4.74 Å². The number of amides is 2. The number of fused-ring (bicyclic) bond motifs is 5. The van der Waals surface area contributed by atoms with Gasteiger partial charge in [-0.3, -0.25) is 14.4 Å². The number of hydrogen-bond donors (Lipinski definition) is 0. The van der Waals surface area contributed by atoms with E-state index in [9.17, 15) is 0 Å². The fraction of sp³-hybridized carbons (Fsp3) is 0.167. The molecule has 5 aromatic carbocycles. The molecule has 1 aliphatic heterocycles. The van der Waals surface area contributed by atoms with Crippen molar-refractivity contribution in [2.24, 2.45) is 11.8 Å². The quantitative estimate of drug-likeness (QED) is 0.186. The highest BCUT2D eigenvalue weighted by molar-refractivity contribution is 6.39. The van der Waals surface area contributed by atoms with Crippen molar-refractivity contribution < 1.29 is 19.1 Å². The highest BCUT2D eigenvalue weighted by Gasteiger charge is 2.82. The third-order valence-corrected chi connectivity index (χ3v) is 10.5. The first-order valence-corrected chi connectivity index (χ1v) is 15.9. The number of carbonyl (C=O) groups excluding carboxylic acids is 3. The zero-order valence-corrected chi connectivity index (χ0v) is 26.4. The molecule has 5 heteroatoms. The van der Waals surface area contributed by atoms with Crippen LogP contribution >= 0.6 is 0 Å². The highest BCUT2D eigenvalue weighted by atomic mass is 16.5. The number of ether oxygens (including phenoxy) is 1. The van der Waals surface area contributed by atoms with Crippen molar-refractivity contribution in [3.8, 4) is 5.75 Å². The lowest BCUT2D eigenvalue weighted by molar-refractivity contribution is -0.130. The molecule has 47 heavy (non-hydrogen) atoms. The number of carbonyl (C=O) groups is 3. The summed E-state index contributed by atoms with van der Waals surface area (Å²) in [5, 5.41) is 0. The molecule has 0 N–H and O–H groups in total. The minimum atomic E-state index is -1.43. The fourth-order valence-electron chi connectivity index (χ4n) is 8.55. The Hall–Kier alpha value is -5.55. The molecule has 0 unspecified atom stereocenters. The number of anilines is 1. The monoisotopic (exact) mass is 615 g/mol. The van der Waals surface area contributed by atoms with Crippen LogP contribution in [-0.4, -0.2) is 24.7 Å². The first-order valence-electron chi connectivity index (χ1n) is 15.9. The molecule has 0 aromatic heterocycles. The zero-order chi connectivity index (χ0) is 32.5. The number of ketones is 1. The van der Waals surface area contributed by atoms with Crippen molar-refractivity contribution in [1.82, 2.24) is 0 Å². The second kappa shape index (κ2) is 10.5. The van der Waals surface area contributed by atoms with Crippen LogP contribution in [0.1, 0.15) is 33.4 Å². The van der Waals surface area contributed by atoms with Gasteiger partial charge in [0.05, 0.1) is 35.5 Å². The van der Waals surface area contributed by atoms with E-state index >= 15 is 14.4 Å². The van der Waals surface area contributed by atoms with E-state index in [2.05, 4.69) is 0 Å². The summed E-state index contributed by atoms with van der Waals surface area (Å²) in [4.78, 5) is 47.4. The van der Waals surface area contributed by atoms with Crippen molar-refractivity contribution in [3.63, 3.8) is 0 Å². The second-order valence-corrected chi connectivity index (χ2v) is 12.8. The number of methoxy groups -OCH3 is 1. The molecule has 0 spiro atoms. The minimum absolute atomic E-state index is 0.125. The Bertz CT molecular complexity index is 1960. The third kappa shape index (κ3) is 3.74. The van der Waals surface area contributed by atoms with Gasteiger partial charge in [-0.2, -0.15) is 0 Å². The fourth-order valence-corrected chi connectivity index (χ4v) is 8.55. The number of aryl methyl sites for hydroxylation is 2. The van der Waals surface area contributed by atoms with Crippen molar-refractivity contribution in [3.05, 3.63) is 167 Å². The molecule has 8 rings (SSSR count). The number of benzene rings is 5. The van der Waals surface area contributed by atoms with Crippen LogP contribution in [0, 0.1) is 25.7 Å². The summed E-state index contributed by atoms with van der Waals surface area (Å²) in [7, 11) is 1.58. The van der Waals surface area contributed by atoms with Gasteiger partial charge in [0.2, 0.25) is 11.8 Å². The van der Waals surface area contributed by atoms with Gasteiger partial charge in [-0.25, -0.2) is 4.90 Å². The van der Waals surface area contributed by atoms with Gasteiger partial charge in [-0.05, 0) is 71.5 Å². The number of hydrogen-bond acceptors (Lipinski definition) is 4. The molecule has 1 saturated heterocycles. The number of allylic oxidation sites excluding steroid dienone is 2. The van der Waals surface area contributed by atoms with Gasteiger partial charge in [0, 0.05) is 0 Å². The summed E-state index contributed by atoms with van der Waals surface area (Å²) in [5.41, 5.74) is 4.53. The lowest BCUT2D eigenvalue weighted by atomic mass is 9.59. The first kappa shape index (κ1) is 28.9. The van der Waals surface area contributed by atoms with E-state index < -0.39 is 22.7 Å². The predicted molar refractivity (Wildman–Crippen MR) is 183 cm³/mol. The summed E-state index contributed by atoms with van der Waals surface area (Å²) in [6, 6.07) is 42.6. The number of rotatable bonds is 6. The second-order valence-electron chi connectivity index (χ2n) is 12.8. The summed E-state index contributed by atoms with van der Waals surface area (Å²) < 4.78 is 5.37. The lowest BCUT2D eigenvalue weighted by Crippen LogP contribution is -2.45. The van der Waals surface area contributed by atoms with Crippen LogP contribution in [-0.2, 0) is 25.2 Å². The van der Waals surface area contributed by atoms with E-state index in [0.717, 1.165) is 33.4 Å². The topological polar surface area (TPSA) is 63.7 Å². The van der Waals surface area contributed by atoms with Crippen LogP contribution < -0.4 is 9.64 Å². The number of nitrogens with zero attached hydrogens (tertiary/aromatic N) is 1. The van der Waals surface area contributed by atoms with Crippen LogP contribution in [0.2, 0.25) is 0 Å². The van der Waals surface area contributed by atoms with Gasteiger partial charge >= 0.3 is 0 Å². The molecule has 5 aromatic rings. The molecule has 0 radical (unpaired) electrons. The molecule has 2 amide bonds. The van der Waals surface area contributed by atoms with Gasteiger partial charge < -0.3 is 4.74 Å². The Kier molecular flexibility index (Phi) is 6.45. The maximum Gasteiger partial charge on any atom is 0.239 e. The molecule has 4 atom stereocenters. The maximum absolute atomic E-state index is 16.0. The Balaban J connectivity index is 1.53. The Morgan fingerprint density at radius 1 is 0.532 bits per heavy atom. The predicted octanol–water partition coefficient (Wildman–Crippen LogP) is 7.50. The lowest BCUT2D eigenvalue weighted by Gasteiger charge is -2.39. The summed E-state index contributed by atoms with van der Waals surface area (Å²) >= 11 is 0. The van der Waals surface area contributed by atoms with Gasteiger partial charge in [0.1, 0.15) is 5.75 Å².